The molecule has 3 rings (SSSR count). The highest BCUT2D eigenvalue weighted by molar-refractivity contribution is 8.13. The first-order valence-corrected chi connectivity index (χ1v) is 15.0. The molecule has 4 atom stereocenters. The van der Waals surface area contributed by atoms with Gasteiger partial charge in [0, 0.05) is 38.8 Å². The fourth-order valence-corrected chi connectivity index (χ4v) is 5.34. The van der Waals surface area contributed by atoms with Gasteiger partial charge in [-0.25, -0.2) is 9.55 Å². The van der Waals surface area contributed by atoms with Crippen molar-refractivity contribution >= 4 is 48.2 Å². The summed E-state index contributed by atoms with van der Waals surface area (Å²) >= 11 is 0.944. The summed E-state index contributed by atoms with van der Waals surface area (Å²) in [5, 5.41) is 18.4. The number of aromatic amines is 1. The van der Waals surface area contributed by atoms with E-state index in [-0.39, 0.29) is 29.9 Å². The first-order valence-electron chi connectivity index (χ1n) is 12.5. The smallest absolute Gasteiger partial charge is 0.383 e. The quantitative estimate of drug-likeness (QED) is 0.129. The van der Waals surface area contributed by atoms with Crippen LogP contribution in [0.1, 0.15) is 45.7 Å². The average molecular weight is 606 g/mol. The SMILES string of the molecule is CN=C1NCN([C@H]2CC[C@@H](OP(=O)(O)OCC(C)(C)C(O)C(=O)NCCC(=O)NCSC(C)=O)O2)c2nc[nH]c21. The number of anilines is 1. The molecule has 1 fully saturated rings. The zero-order chi connectivity index (χ0) is 29.5. The standard InChI is InChI=1S/C22H36N7O9PS/c1-13(30)40-12-28-14(31)7-8-24-21(33)18(32)22(2,3)9-36-39(34,35)38-16-6-5-15(37-16)29-11-27-19(23-4)17-20(29)26-10-25-17/h10,15-16,18,32H,5-9,11-12H2,1-4H3,(H,23,27)(H,24,33)(H,25,26)(H,28,31)(H,34,35)/t15-,16-,18?/m1/s1. The van der Waals surface area contributed by atoms with Crippen molar-refractivity contribution < 1.29 is 42.7 Å². The van der Waals surface area contributed by atoms with E-state index in [0.717, 1.165) is 11.8 Å². The third kappa shape index (κ3) is 8.73. The summed E-state index contributed by atoms with van der Waals surface area (Å²) in [7, 11) is -2.96. The summed E-state index contributed by atoms with van der Waals surface area (Å²) in [6, 6.07) is 0. The number of carbonyl (C=O) groups is 3. The molecule has 0 aliphatic carbocycles. The Bertz CT molecular complexity index is 1150. The van der Waals surface area contributed by atoms with Gasteiger partial charge in [-0.2, -0.15) is 0 Å². The molecule has 6 N–H and O–H groups in total. The lowest BCUT2D eigenvalue weighted by Gasteiger charge is -2.33. The van der Waals surface area contributed by atoms with Gasteiger partial charge in [-0.15, -0.1) is 0 Å². The molecule has 2 unspecified atom stereocenters. The normalized spacial score (nSPS) is 22.2. The molecule has 16 nitrogen and oxygen atoms in total. The average Bonchev–Trinajstić information content (AvgIpc) is 3.56. The van der Waals surface area contributed by atoms with Crippen molar-refractivity contribution in [3.05, 3.63) is 12.0 Å². The molecule has 1 saturated heterocycles. The number of amides is 2. The van der Waals surface area contributed by atoms with Crippen LogP contribution >= 0.6 is 19.6 Å². The molecular weight excluding hydrogens is 569 g/mol. The number of hydrogen-bond donors (Lipinski definition) is 6. The van der Waals surface area contributed by atoms with Crippen molar-refractivity contribution in [2.24, 2.45) is 10.4 Å². The van der Waals surface area contributed by atoms with Crippen LogP contribution in [0.2, 0.25) is 0 Å². The molecule has 40 heavy (non-hydrogen) atoms. The number of aliphatic imine (C=N–C) groups is 1. The van der Waals surface area contributed by atoms with Crippen molar-refractivity contribution in [2.75, 3.05) is 37.6 Å². The highest BCUT2D eigenvalue weighted by Gasteiger charge is 2.41. The summed E-state index contributed by atoms with van der Waals surface area (Å²) in [5.41, 5.74) is -0.575. The molecule has 18 heteroatoms. The monoisotopic (exact) mass is 605 g/mol. The largest absolute Gasteiger partial charge is 0.474 e. The summed E-state index contributed by atoms with van der Waals surface area (Å²) < 4.78 is 28.8. The predicted octanol–water partition coefficient (Wildman–Crippen LogP) is -0.00380. The third-order valence-electron chi connectivity index (χ3n) is 6.11. The molecule has 0 aromatic carbocycles. The van der Waals surface area contributed by atoms with Crippen LogP contribution in [-0.2, 0) is 32.7 Å². The number of aliphatic hydroxyl groups excluding tert-OH is 1. The number of aromatic nitrogens is 2. The Balaban J connectivity index is 1.43. The number of H-pyrrole nitrogens is 1. The van der Waals surface area contributed by atoms with Gasteiger partial charge < -0.3 is 40.6 Å². The molecule has 2 aliphatic heterocycles. The van der Waals surface area contributed by atoms with Gasteiger partial charge in [0.2, 0.25) is 11.8 Å². The molecule has 0 radical (unpaired) electrons. The van der Waals surface area contributed by atoms with E-state index in [4.69, 9.17) is 13.8 Å². The lowest BCUT2D eigenvalue weighted by Crippen LogP contribution is -2.49. The molecule has 0 bridgehead atoms. The van der Waals surface area contributed by atoms with Crippen molar-refractivity contribution in [3.63, 3.8) is 0 Å². The van der Waals surface area contributed by atoms with E-state index >= 15 is 0 Å². The second-order valence-electron chi connectivity index (χ2n) is 9.74. The third-order valence-corrected chi connectivity index (χ3v) is 7.76. The van der Waals surface area contributed by atoms with Gasteiger partial charge >= 0.3 is 7.82 Å². The fourth-order valence-electron chi connectivity index (χ4n) is 3.89. The number of amidine groups is 1. The molecule has 224 valence electrons. The van der Waals surface area contributed by atoms with Crippen LogP contribution in [-0.4, -0.2) is 94.1 Å². The van der Waals surface area contributed by atoms with E-state index < -0.39 is 44.4 Å². The predicted molar refractivity (Wildman–Crippen MR) is 145 cm³/mol. The lowest BCUT2D eigenvalue weighted by molar-refractivity contribution is -0.137. The van der Waals surface area contributed by atoms with Crippen molar-refractivity contribution in [2.45, 2.75) is 58.7 Å². The Morgan fingerprint density at radius 2 is 2.12 bits per heavy atom. The van der Waals surface area contributed by atoms with Crippen molar-refractivity contribution in [1.29, 1.82) is 0 Å². The highest BCUT2D eigenvalue weighted by Crippen LogP contribution is 2.48. The maximum atomic E-state index is 12.6. The van der Waals surface area contributed by atoms with Crippen molar-refractivity contribution in [1.82, 2.24) is 25.9 Å². The summed E-state index contributed by atoms with van der Waals surface area (Å²) in [4.78, 5) is 58.6. The summed E-state index contributed by atoms with van der Waals surface area (Å²) in [6.07, 6.45) is -0.815. The molecule has 3 heterocycles. The number of hydrogen-bond acceptors (Lipinski definition) is 12. The number of rotatable bonds is 13. The van der Waals surface area contributed by atoms with E-state index in [1.54, 1.807) is 13.4 Å². The molecule has 0 spiro atoms. The minimum atomic E-state index is -4.62. The minimum absolute atomic E-state index is 0.0515. The molecular formula is C22H36N7O9PS. The zero-order valence-electron chi connectivity index (χ0n) is 22.7. The molecule has 0 saturated carbocycles. The van der Waals surface area contributed by atoms with E-state index in [9.17, 15) is 28.9 Å². The Kier molecular flexibility index (Phi) is 11.1. The highest BCUT2D eigenvalue weighted by atomic mass is 32.2. The molecule has 1 aromatic rings. The van der Waals surface area contributed by atoms with Crippen LogP contribution < -0.4 is 20.9 Å². The Morgan fingerprint density at radius 3 is 2.83 bits per heavy atom. The van der Waals surface area contributed by atoms with Crippen molar-refractivity contribution in [3.8, 4) is 0 Å². The fraction of sp³-hybridized carbons (Fsp3) is 0.682. The first kappa shape index (κ1) is 32.0. The number of carbonyl (C=O) groups excluding carboxylic acids is 3. The van der Waals surface area contributed by atoms with Crippen LogP contribution in [0.3, 0.4) is 0 Å². The van der Waals surface area contributed by atoms with Gasteiger partial charge in [-0.05, 0) is 6.42 Å². The minimum Gasteiger partial charge on any atom is -0.383 e. The Morgan fingerprint density at radius 1 is 1.38 bits per heavy atom. The van der Waals surface area contributed by atoms with Gasteiger partial charge in [-0.1, -0.05) is 25.6 Å². The van der Waals surface area contributed by atoms with Gasteiger partial charge in [0.1, 0.15) is 23.9 Å². The van der Waals surface area contributed by atoms with Crippen LogP contribution in [0.25, 0.3) is 0 Å². The number of thioether (sulfide) groups is 1. The van der Waals surface area contributed by atoms with Crippen LogP contribution in [0.5, 0.6) is 0 Å². The lowest BCUT2D eigenvalue weighted by atomic mass is 9.87. The van der Waals surface area contributed by atoms with E-state index in [1.165, 1.54) is 20.8 Å². The Hall–Kier alpha value is -2.53. The molecule has 2 amide bonds. The second-order valence-corrected chi connectivity index (χ2v) is 12.3. The maximum absolute atomic E-state index is 12.6. The van der Waals surface area contributed by atoms with Gasteiger partial charge in [0.15, 0.2) is 17.2 Å². The zero-order valence-corrected chi connectivity index (χ0v) is 24.4. The van der Waals surface area contributed by atoms with E-state index in [1.807, 2.05) is 4.90 Å². The molecule has 1 aromatic heterocycles. The van der Waals surface area contributed by atoms with Crippen LogP contribution in [0, 0.1) is 5.41 Å². The second kappa shape index (κ2) is 13.9. The number of phosphoric acid groups is 1. The van der Waals surface area contributed by atoms with Gasteiger partial charge in [0.25, 0.3) is 0 Å². The number of imidazole rings is 1. The maximum Gasteiger partial charge on any atom is 0.474 e. The number of nitrogens with one attached hydrogen (secondary N) is 4. The molecule has 2 aliphatic rings. The number of phosphoric ester groups is 1. The number of ether oxygens (including phenoxy) is 1. The Labute approximate surface area is 235 Å². The first-order chi connectivity index (χ1) is 18.8. The van der Waals surface area contributed by atoms with E-state index in [2.05, 4.69) is 30.9 Å². The van der Waals surface area contributed by atoms with Gasteiger partial charge in [0.05, 0.1) is 25.5 Å². The number of nitrogens with zero attached hydrogens (tertiary/aromatic N) is 3. The summed E-state index contributed by atoms with van der Waals surface area (Å²) in [5.74, 6) is 0.267. The topological polar surface area (TPSA) is 217 Å². The number of fused-ring (bicyclic) bond motifs is 1. The number of aliphatic hydroxyl groups is 1. The van der Waals surface area contributed by atoms with Crippen LogP contribution in [0.15, 0.2) is 11.3 Å². The van der Waals surface area contributed by atoms with E-state index in [0.29, 0.717) is 36.9 Å². The summed E-state index contributed by atoms with van der Waals surface area (Å²) in [6.45, 7) is 4.16. The van der Waals surface area contributed by atoms with Crippen LogP contribution in [0.4, 0.5) is 5.82 Å². The van der Waals surface area contributed by atoms with Gasteiger partial charge in [-0.3, -0.25) is 28.4 Å².